The van der Waals surface area contributed by atoms with Crippen molar-refractivity contribution in [1.82, 2.24) is 9.97 Å². The van der Waals surface area contributed by atoms with E-state index in [-0.39, 0.29) is 0 Å². The minimum absolute atomic E-state index is 0.458. The molecule has 1 aromatic rings. The van der Waals surface area contributed by atoms with Crippen LogP contribution in [-0.2, 0) is 0 Å². The molecule has 1 N–H and O–H groups in total. The summed E-state index contributed by atoms with van der Waals surface area (Å²) >= 11 is 0. The van der Waals surface area contributed by atoms with Crippen LogP contribution < -0.4 is 5.32 Å². The molecule has 0 unspecified atom stereocenters. The highest BCUT2D eigenvalue weighted by molar-refractivity contribution is 5.35. The molecule has 0 radical (unpaired) electrons. The highest BCUT2D eigenvalue weighted by atomic mass is 15.0. The van der Waals surface area contributed by atoms with Crippen molar-refractivity contribution < 1.29 is 0 Å². The van der Waals surface area contributed by atoms with Crippen LogP contribution >= 0.6 is 0 Å². The summed E-state index contributed by atoms with van der Waals surface area (Å²) in [7, 11) is 0. The predicted molar refractivity (Wildman–Crippen MR) is 73.3 cm³/mol. The SMILES string of the molecule is CC(C)CCCCNc1cc(C(C)C)ncn1. The van der Waals surface area contributed by atoms with Crippen molar-refractivity contribution in [2.45, 2.75) is 52.9 Å². The molecule has 0 amide bonds. The molecular formula is C14H25N3. The summed E-state index contributed by atoms with van der Waals surface area (Å²) in [5.41, 5.74) is 1.10. The van der Waals surface area contributed by atoms with E-state index in [0.29, 0.717) is 5.92 Å². The Hall–Kier alpha value is -1.12. The van der Waals surface area contributed by atoms with Crippen LogP contribution in [0.3, 0.4) is 0 Å². The first-order valence-electron chi connectivity index (χ1n) is 6.65. The van der Waals surface area contributed by atoms with E-state index in [1.165, 1.54) is 19.3 Å². The van der Waals surface area contributed by atoms with Crippen molar-refractivity contribution in [2.75, 3.05) is 11.9 Å². The molecule has 17 heavy (non-hydrogen) atoms. The van der Waals surface area contributed by atoms with Gasteiger partial charge >= 0.3 is 0 Å². The van der Waals surface area contributed by atoms with Crippen molar-refractivity contribution >= 4 is 5.82 Å². The summed E-state index contributed by atoms with van der Waals surface area (Å²) in [4.78, 5) is 8.49. The van der Waals surface area contributed by atoms with Crippen LogP contribution in [0.5, 0.6) is 0 Å². The minimum Gasteiger partial charge on any atom is -0.370 e. The molecule has 1 rings (SSSR count). The summed E-state index contributed by atoms with van der Waals surface area (Å²) in [5, 5.41) is 3.36. The zero-order chi connectivity index (χ0) is 12.7. The smallest absolute Gasteiger partial charge is 0.129 e. The van der Waals surface area contributed by atoms with Gasteiger partial charge in [0.1, 0.15) is 12.1 Å². The van der Waals surface area contributed by atoms with E-state index in [9.17, 15) is 0 Å². The number of nitrogens with zero attached hydrogens (tertiary/aromatic N) is 2. The predicted octanol–water partition coefficient (Wildman–Crippen LogP) is 3.84. The molecule has 1 heterocycles. The zero-order valence-corrected chi connectivity index (χ0v) is 11.5. The first-order valence-corrected chi connectivity index (χ1v) is 6.65. The van der Waals surface area contributed by atoms with Gasteiger partial charge in [-0.15, -0.1) is 0 Å². The lowest BCUT2D eigenvalue weighted by Crippen LogP contribution is -2.05. The first-order chi connectivity index (χ1) is 8.09. The van der Waals surface area contributed by atoms with Gasteiger partial charge in [-0.1, -0.05) is 40.5 Å². The fraction of sp³-hybridized carbons (Fsp3) is 0.714. The van der Waals surface area contributed by atoms with Crippen LogP contribution in [0.15, 0.2) is 12.4 Å². The Morgan fingerprint density at radius 3 is 2.53 bits per heavy atom. The topological polar surface area (TPSA) is 37.8 Å². The van der Waals surface area contributed by atoms with Crippen LogP contribution in [-0.4, -0.2) is 16.5 Å². The van der Waals surface area contributed by atoms with Crippen molar-refractivity contribution in [1.29, 1.82) is 0 Å². The van der Waals surface area contributed by atoms with Crippen LogP contribution in [0.1, 0.15) is 58.6 Å². The normalized spacial score (nSPS) is 11.2. The summed E-state index contributed by atoms with van der Waals surface area (Å²) in [6.07, 6.45) is 5.44. The number of nitrogens with one attached hydrogen (secondary N) is 1. The Labute approximate surface area is 105 Å². The molecule has 0 aliphatic heterocycles. The maximum absolute atomic E-state index is 4.26. The monoisotopic (exact) mass is 235 g/mol. The molecular weight excluding hydrogens is 210 g/mol. The summed E-state index contributed by atoms with van der Waals surface area (Å²) in [6, 6.07) is 2.05. The third-order valence-corrected chi connectivity index (χ3v) is 2.79. The van der Waals surface area contributed by atoms with Crippen molar-refractivity contribution in [2.24, 2.45) is 5.92 Å². The average molecular weight is 235 g/mol. The van der Waals surface area contributed by atoms with E-state index in [2.05, 4.69) is 43.0 Å². The molecule has 0 saturated carbocycles. The van der Waals surface area contributed by atoms with Gasteiger partial charge in [0.15, 0.2) is 0 Å². The van der Waals surface area contributed by atoms with Gasteiger partial charge in [-0.05, 0) is 18.3 Å². The number of unbranched alkanes of at least 4 members (excludes halogenated alkanes) is 1. The second kappa shape index (κ2) is 7.25. The van der Waals surface area contributed by atoms with Gasteiger partial charge < -0.3 is 5.32 Å². The lowest BCUT2D eigenvalue weighted by molar-refractivity contribution is 0.544. The van der Waals surface area contributed by atoms with Crippen LogP contribution in [0.2, 0.25) is 0 Å². The van der Waals surface area contributed by atoms with E-state index >= 15 is 0 Å². The van der Waals surface area contributed by atoms with Gasteiger partial charge in [-0.2, -0.15) is 0 Å². The number of rotatable bonds is 7. The van der Waals surface area contributed by atoms with Gasteiger partial charge in [-0.3, -0.25) is 0 Å². The molecule has 0 aliphatic rings. The highest BCUT2D eigenvalue weighted by Gasteiger charge is 2.02. The molecule has 1 aromatic heterocycles. The van der Waals surface area contributed by atoms with E-state index in [1.807, 2.05) is 6.07 Å². The van der Waals surface area contributed by atoms with Gasteiger partial charge in [0.05, 0.1) is 0 Å². The fourth-order valence-electron chi connectivity index (χ4n) is 1.68. The number of anilines is 1. The van der Waals surface area contributed by atoms with Crippen LogP contribution in [0.25, 0.3) is 0 Å². The van der Waals surface area contributed by atoms with E-state index in [1.54, 1.807) is 6.33 Å². The highest BCUT2D eigenvalue weighted by Crippen LogP contribution is 2.13. The molecule has 0 saturated heterocycles. The average Bonchev–Trinajstić information content (AvgIpc) is 2.28. The summed E-state index contributed by atoms with van der Waals surface area (Å²) in [6.45, 7) is 9.84. The third kappa shape index (κ3) is 5.66. The van der Waals surface area contributed by atoms with Crippen molar-refractivity contribution in [3.05, 3.63) is 18.1 Å². The van der Waals surface area contributed by atoms with Crippen molar-refractivity contribution in [3.8, 4) is 0 Å². The third-order valence-electron chi connectivity index (χ3n) is 2.79. The van der Waals surface area contributed by atoms with Gasteiger partial charge in [0.25, 0.3) is 0 Å². The summed E-state index contributed by atoms with van der Waals surface area (Å²) in [5.74, 6) is 2.22. The zero-order valence-electron chi connectivity index (χ0n) is 11.5. The second-order valence-electron chi connectivity index (χ2n) is 5.30. The molecule has 3 heteroatoms. The van der Waals surface area contributed by atoms with Crippen LogP contribution in [0.4, 0.5) is 5.82 Å². The van der Waals surface area contributed by atoms with E-state index in [0.717, 1.165) is 24.0 Å². The summed E-state index contributed by atoms with van der Waals surface area (Å²) < 4.78 is 0. The molecule has 0 aliphatic carbocycles. The van der Waals surface area contributed by atoms with Crippen molar-refractivity contribution in [3.63, 3.8) is 0 Å². The molecule has 0 aromatic carbocycles. The molecule has 0 bridgehead atoms. The van der Waals surface area contributed by atoms with Gasteiger partial charge in [0.2, 0.25) is 0 Å². The Morgan fingerprint density at radius 1 is 1.12 bits per heavy atom. The number of hydrogen-bond acceptors (Lipinski definition) is 3. The molecule has 0 atom stereocenters. The maximum atomic E-state index is 4.26. The lowest BCUT2D eigenvalue weighted by Gasteiger charge is -2.09. The molecule has 3 nitrogen and oxygen atoms in total. The van der Waals surface area contributed by atoms with Crippen LogP contribution in [0, 0.1) is 5.92 Å². The maximum Gasteiger partial charge on any atom is 0.129 e. The van der Waals surface area contributed by atoms with Gasteiger partial charge in [0, 0.05) is 18.3 Å². The second-order valence-corrected chi connectivity index (χ2v) is 5.30. The first kappa shape index (κ1) is 13.9. The minimum atomic E-state index is 0.458. The van der Waals surface area contributed by atoms with E-state index in [4.69, 9.17) is 0 Å². The largest absolute Gasteiger partial charge is 0.370 e. The van der Waals surface area contributed by atoms with E-state index < -0.39 is 0 Å². The Morgan fingerprint density at radius 2 is 1.88 bits per heavy atom. The van der Waals surface area contributed by atoms with Gasteiger partial charge in [-0.25, -0.2) is 9.97 Å². The molecule has 0 spiro atoms. The Kier molecular flexibility index (Phi) is 5.95. The fourth-order valence-corrected chi connectivity index (χ4v) is 1.68. The standard InChI is InChI=1S/C14H25N3/c1-11(2)7-5-6-8-15-14-9-13(12(3)4)16-10-17-14/h9-12H,5-8H2,1-4H3,(H,15,16,17). The quantitative estimate of drug-likeness (QED) is 0.730. The number of hydrogen-bond donors (Lipinski definition) is 1. The Bertz CT molecular complexity index is 321. The number of aromatic nitrogens is 2. The Balaban J connectivity index is 2.29. The lowest BCUT2D eigenvalue weighted by atomic mass is 10.1. The molecule has 96 valence electrons. The molecule has 0 fully saturated rings.